The fraction of sp³-hybridized carbons (Fsp3) is 0.556. The van der Waals surface area contributed by atoms with Crippen LogP contribution in [0.25, 0.3) is 0 Å². The van der Waals surface area contributed by atoms with E-state index in [-0.39, 0.29) is 0 Å². The molecule has 0 bridgehead atoms. The SMILES string of the molecule is CC(NC1CC1)c1cc(Cl)cs1. The van der Waals surface area contributed by atoms with E-state index in [1.54, 1.807) is 11.3 Å². The van der Waals surface area contributed by atoms with Crippen molar-refractivity contribution in [3.8, 4) is 0 Å². The van der Waals surface area contributed by atoms with Crippen LogP contribution in [-0.2, 0) is 0 Å². The first kappa shape index (κ1) is 8.54. The van der Waals surface area contributed by atoms with Gasteiger partial charge in [-0.25, -0.2) is 0 Å². The number of halogens is 1. The molecule has 1 nitrogen and oxygen atoms in total. The highest BCUT2D eigenvalue weighted by molar-refractivity contribution is 7.10. The van der Waals surface area contributed by atoms with Crippen LogP contribution >= 0.6 is 22.9 Å². The second kappa shape index (κ2) is 3.36. The van der Waals surface area contributed by atoms with E-state index in [0.717, 1.165) is 11.1 Å². The van der Waals surface area contributed by atoms with E-state index >= 15 is 0 Å². The average molecular weight is 202 g/mol. The first-order valence-corrected chi connectivity index (χ1v) is 5.51. The summed E-state index contributed by atoms with van der Waals surface area (Å²) in [7, 11) is 0. The number of rotatable bonds is 3. The van der Waals surface area contributed by atoms with Gasteiger partial charge in [0.1, 0.15) is 0 Å². The highest BCUT2D eigenvalue weighted by Crippen LogP contribution is 2.28. The lowest BCUT2D eigenvalue weighted by Crippen LogP contribution is -2.19. The summed E-state index contributed by atoms with van der Waals surface area (Å²) in [6.45, 7) is 2.19. The normalized spacial score (nSPS) is 19.5. The van der Waals surface area contributed by atoms with E-state index in [2.05, 4.69) is 12.2 Å². The summed E-state index contributed by atoms with van der Waals surface area (Å²) in [5.41, 5.74) is 0. The molecular formula is C9H12ClNS. The molecule has 0 aromatic carbocycles. The molecule has 1 N–H and O–H groups in total. The van der Waals surface area contributed by atoms with Gasteiger partial charge in [0, 0.05) is 22.3 Å². The standard InChI is InChI=1S/C9H12ClNS/c1-6(11-8-2-3-8)9-4-7(10)5-12-9/h4-6,8,11H,2-3H2,1H3. The van der Waals surface area contributed by atoms with Gasteiger partial charge >= 0.3 is 0 Å². The molecule has 12 heavy (non-hydrogen) atoms. The molecule has 1 aromatic rings. The summed E-state index contributed by atoms with van der Waals surface area (Å²) >= 11 is 7.57. The van der Waals surface area contributed by atoms with Gasteiger partial charge in [-0.15, -0.1) is 11.3 Å². The Bertz CT molecular complexity index is 267. The molecule has 1 heterocycles. The van der Waals surface area contributed by atoms with E-state index < -0.39 is 0 Å². The van der Waals surface area contributed by atoms with Crippen LogP contribution in [-0.4, -0.2) is 6.04 Å². The van der Waals surface area contributed by atoms with Crippen LogP contribution in [0.1, 0.15) is 30.7 Å². The van der Waals surface area contributed by atoms with Crippen LogP contribution in [0, 0.1) is 0 Å². The first-order valence-electron chi connectivity index (χ1n) is 4.25. The molecule has 1 aliphatic rings. The summed E-state index contributed by atoms with van der Waals surface area (Å²) in [6.07, 6.45) is 2.67. The summed E-state index contributed by atoms with van der Waals surface area (Å²) in [6, 6.07) is 3.28. The minimum absolute atomic E-state index is 0.468. The fourth-order valence-electron chi connectivity index (χ4n) is 1.24. The zero-order valence-electron chi connectivity index (χ0n) is 7.01. The number of nitrogens with one attached hydrogen (secondary N) is 1. The lowest BCUT2D eigenvalue weighted by molar-refractivity contribution is 0.579. The molecule has 0 spiro atoms. The highest BCUT2D eigenvalue weighted by atomic mass is 35.5. The van der Waals surface area contributed by atoms with Crippen molar-refractivity contribution in [2.75, 3.05) is 0 Å². The largest absolute Gasteiger partial charge is 0.307 e. The van der Waals surface area contributed by atoms with Crippen LogP contribution in [0.5, 0.6) is 0 Å². The Balaban J connectivity index is 1.97. The Morgan fingerprint density at radius 2 is 2.42 bits per heavy atom. The molecule has 1 fully saturated rings. The van der Waals surface area contributed by atoms with Gasteiger partial charge in [0.2, 0.25) is 0 Å². The maximum absolute atomic E-state index is 5.84. The molecule has 66 valence electrons. The molecule has 3 heteroatoms. The fourth-order valence-corrected chi connectivity index (χ4v) is 2.34. The predicted molar refractivity (Wildman–Crippen MR) is 53.9 cm³/mol. The van der Waals surface area contributed by atoms with Crippen molar-refractivity contribution in [2.24, 2.45) is 0 Å². The molecule has 2 rings (SSSR count). The number of thiophene rings is 1. The van der Waals surface area contributed by atoms with Gasteiger partial charge in [-0.1, -0.05) is 11.6 Å². The van der Waals surface area contributed by atoms with E-state index in [9.17, 15) is 0 Å². The van der Waals surface area contributed by atoms with Crippen LogP contribution in [0.2, 0.25) is 5.02 Å². The van der Waals surface area contributed by atoms with Gasteiger partial charge in [0.25, 0.3) is 0 Å². The molecule has 0 aliphatic heterocycles. The number of hydrogen-bond acceptors (Lipinski definition) is 2. The maximum Gasteiger partial charge on any atom is 0.0516 e. The van der Waals surface area contributed by atoms with Crippen molar-refractivity contribution in [1.29, 1.82) is 0 Å². The molecule has 1 saturated carbocycles. The summed E-state index contributed by atoms with van der Waals surface area (Å²) in [5, 5.41) is 6.38. The van der Waals surface area contributed by atoms with E-state index in [0.29, 0.717) is 6.04 Å². The Labute approximate surface area is 81.7 Å². The van der Waals surface area contributed by atoms with E-state index in [4.69, 9.17) is 11.6 Å². The Morgan fingerprint density at radius 1 is 1.67 bits per heavy atom. The van der Waals surface area contributed by atoms with Crippen LogP contribution in [0.3, 0.4) is 0 Å². The van der Waals surface area contributed by atoms with Gasteiger partial charge in [0.15, 0.2) is 0 Å². The van der Waals surface area contributed by atoms with Crippen LogP contribution in [0.4, 0.5) is 0 Å². The minimum Gasteiger partial charge on any atom is -0.307 e. The predicted octanol–water partition coefficient (Wildman–Crippen LogP) is 3.21. The molecule has 1 unspecified atom stereocenters. The van der Waals surface area contributed by atoms with Gasteiger partial charge in [-0.3, -0.25) is 0 Å². The monoisotopic (exact) mass is 201 g/mol. The Kier molecular flexibility index (Phi) is 2.40. The lowest BCUT2D eigenvalue weighted by Gasteiger charge is -2.09. The molecule has 0 radical (unpaired) electrons. The number of hydrogen-bond donors (Lipinski definition) is 1. The summed E-state index contributed by atoms with van der Waals surface area (Å²) in [5.74, 6) is 0. The molecule has 1 aliphatic carbocycles. The second-order valence-corrected chi connectivity index (χ2v) is 4.71. The maximum atomic E-state index is 5.84. The summed E-state index contributed by atoms with van der Waals surface area (Å²) < 4.78 is 0. The van der Waals surface area contributed by atoms with E-state index in [1.807, 2.05) is 11.4 Å². The van der Waals surface area contributed by atoms with Crippen LogP contribution < -0.4 is 5.32 Å². The topological polar surface area (TPSA) is 12.0 Å². The molecule has 0 saturated heterocycles. The third kappa shape index (κ3) is 2.00. The quantitative estimate of drug-likeness (QED) is 0.792. The third-order valence-corrected chi connectivity index (χ3v) is 3.54. The zero-order chi connectivity index (χ0) is 8.55. The smallest absolute Gasteiger partial charge is 0.0516 e. The van der Waals surface area contributed by atoms with Crippen molar-refractivity contribution in [3.05, 3.63) is 21.3 Å². The average Bonchev–Trinajstić information content (AvgIpc) is 2.72. The molecule has 0 amide bonds. The lowest BCUT2D eigenvalue weighted by atomic mass is 10.3. The Morgan fingerprint density at radius 3 is 2.92 bits per heavy atom. The van der Waals surface area contributed by atoms with Gasteiger partial charge in [0.05, 0.1) is 5.02 Å². The highest BCUT2D eigenvalue weighted by Gasteiger charge is 2.23. The second-order valence-electron chi connectivity index (χ2n) is 3.33. The zero-order valence-corrected chi connectivity index (χ0v) is 8.58. The minimum atomic E-state index is 0.468. The first-order chi connectivity index (χ1) is 5.75. The molecule has 1 atom stereocenters. The van der Waals surface area contributed by atoms with Crippen molar-refractivity contribution < 1.29 is 0 Å². The van der Waals surface area contributed by atoms with Crippen molar-refractivity contribution in [1.82, 2.24) is 5.32 Å². The van der Waals surface area contributed by atoms with Crippen molar-refractivity contribution in [2.45, 2.75) is 31.8 Å². The van der Waals surface area contributed by atoms with Gasteiger partial charge in [-0.05, 0) is 25.8 Å². The molecular weight excluding hydrogens is 190 g/mol. The van der Waals surface area contributed by atoms with E-state index in [1.165, 1.54) is 17.7 Å². The third-order valence-electron chi connectivity index (χ3n) is 2.08. The van der Waals surface area contributed by atoms with Crippen molar-refractivity contribution >= 4 is 22.9 Å². The van der Waals surface area contributed by atoms with Gasteiger partial charge < -0.3 is 5.32 Å². The summed E-state index contributed by atoms with van der Waals surface area (Å²) in [4.78, 5) is 1.34. The Hall–Kier alpha value is -0.0500. The van der Waals surface area contributed by atoms with Gasteiger partial charge in [-0.2, -0.15) is 0 Å². The van der Waals surface area contributed by atoms with Crippen LogP contribution in [0.15, 0.2) is 11.4 Å². The molecule has 1 aromatic heterocycles. The van der Waals surface area contributed by atoms with Crippen molar-refractivity contribution in [3.63, 3.8) is 0 Å².